The van der Waals surface area contributed by atoms with Gasteiger partial charge in [0.2, 0.25) is 11.8 Å². The van der Waals surface area contributed by atoms with Gasteiger partial charge in [0, 0.05) is 35.4 Å². The number of nitrogens with zero attached hydrogens (tertiary/aromatic N) is 4. The third-order valence-corrected chi connectivity index (χ3v) is 8.02. The molecule has 2 aromatic heterocycles. The van der Waals surface area contributed by atoms with Gasteiger partial charge in [-0.25, -0.2) is 19.7 Å². The molecule has 16 heteroatoms. The van der Waals surface area contributed by atoms with Crippen molar-refractivity contribution in [2.45, 2.75) is 62.4 Å². The number of methoxy groups -OCH3 is 1. The lowest BCUT2D eigenvalue weighted by Gasteiger charge is -2.39. The van der Waals surface area contributed by atoms with Gasteiger partial charge in [-0.15, -0.1) is 11.8 Å². The van der Waals surface area contributed by atoms with E-state index in [9.17, 15) is 36.2 Å². The number of benzene rings is 1. The highest BCUT2D eigenvalue weighted by Crippen LogP contribution is 2.41. The number of fused-ring (bicyclic) bond motifs is 1. The molecule has 0 radical (unpaired) electrons. The molecule has 1 aliphatic rings. The van der Waals surface area contributed by atoms with E-state index in [2.05, 4.69) is 20.3 Å². The predicted molar refractivity (Wildman–Crippen MR) is 154 cm³/mol. The fraction of sp³-hybridized carbons (Fsp3) is 0.448. The van der Waals surface area contributed by atoms with Crippen LogP contribution < -0.4 is 15.0 Å². The second-order valence-corrected chi connectivity index (χ2v) is 11.1. The molecule has 45 heavy (non-hydrogen) atoms. The van der Waals surface area contributed by atoms with E-state index in [1.54, 1.807) is 19.1 Å². The molecular formula is C29H31F6N5O4S. The maximum Gasteiger partial charge on any atom is 0.416 e. The quantitative estimate of drug-likeness (QED) is 0.178. The van der Waals surface area contributed by atoms with E-state index in [0.29, 0.717) is 41.3 Å². The van der Waals surface area contributed by atoms with Crippen molar-refractivity contribution in [1.29, 1.82) is 0 Å². The molecule has 0 fully saturated rings. The van der Waals surface area contributed by atoms with Gasteiger partial charge in [0.05, 0.1) is 54.6 Å². The number of rotatable bonds is 10. The summed E-state index contributed by atoms with van der Waals surface area (Å²) in [5.74, 6) is 0.518. The number of carbonyl (C=O) groups excluding carboxylic acids is 1. The Morgan fingerprint density at radius 1 is 1.09 bits per heavy atom. The molecule has 1 amide bonds. The largest absolute Gasteiger partial charge is 0.481 e. The summed E-state index contributed by atoms with van der Waals surface area (Å²) in [5, 5.41) is 12.5. The molecule has 1 aliphatic heterocycles. The predicted octanol–water partition coefficient (Wildman–Crippen LogP) is 6.89. The molecule has 1 aromatic carbocycles. The van der Waals surface area contributed by atoms with Gasteiger partial charge in [-0.3, -0.25) is 4.90 Å². The number of aliphatic hydroxyl groups is 1. The first kappa shape index (κ1) is 34.1. The Morgan fingerprint density at radius 2 is 1.78 bits per heavy atom. The summed E-state index contributed by atoms with van der Waals surface area (Å²) in [6.07, 6.45) is -8.61. The van der Waals surface area contributed by atoms with Gasteiger partial charge < -0.3 is 19.9 Å². The first-order valence-corrected chi connectivity index (χ1v) is 14.9. The molecular weight excluding hydrogens is 628 g/mol. The Balaban J connectivity index is 1.75. The molecule has 0 aliphatic carbocycles. The maximum atomic E-state index is 13.5. The molecule has 0 saturated carbocycles. The van der Waals surface area contributed by atoms with Crippen molar-refractivity contribution in [2.24, 2.45) is 0 Å². The highest BCUT2D eigenvalue weighted by atomic mass is 32.2. The minimum absolute atomic E-state index is 0.0429. The topological polar surface area (TPSA) is 110 Å². The lowest BCUT2D eigenvalue weighted by atomic mass is 9.93. The molecule has 0 bridgehead atoms. The monoisotopic (exact) mass is 659 g/mol. The molecule has 2 atom stereocenters. The van der Waals surface area contributed by atoms with Crippen molar-refractivity contribution < 1.29 is 45.7 Å². The van der Waals surface area contributed by atoms with E-state index in [1.807, 2.05) is 6.92 Å². The van der Waals surface area contributed by atoms with Crippen LogP contribution in [0.3, 0.4) is 0 Å². The number of alkyl halides is 6. The van der Waals surface area contributed by atoms with E-state index in [0.717, 1.165) is 11.8 Å². The number of carbonyl (C=O) groups is 1. The number of aromatic nitrogens is 3. The summed E-state index contributed by atoms with van der Waals surface area (Å²) in [4.78, 5) is 28.2. The van der Waals surface area contributed by atoms with Crippen molar-refractivity contribution in [3.8, 4) is 5.88 Å². The number of aliphatic hydroxyl groups excluding tert-OH is 1. The van der Waals surface area contributed by atoms with Crippen molar-refractivity contribution in [2.75, 3.05) is 36.3 Å². The van der Waals surface area contributed by atoms with Gasteiger partial charge in [0.15, 0.2) is 0 Å². The van der Waals surface area contributed by atoms with Crippen LogP contribution in [0.1, 0.15) is 60.8 Å². The number of halogens is 6. The highest BCUT2D eigenvalue weighted by molar-refractivity contribution is 7.99. The van der Waals surface area contributed by atoms with Gasteiger partial charge in [0.1, 0.15) is 0 Å². The third kappa shape index (κ3) is 8.09. The zero-order chi connectivity index (χ0) is 32.9. The van der Waals surface area contributed by atoms with Crippen molar-refractivity contribution in [3.05, 3.63) is 64.6 Å². The summed E-state index contributed by atoms with van der Waals surface area (Å²) in [6, 6.07) is 3.81. The van der Waals surface area contributed by atoms with Gasteiger partial charge in [-0.1, -0.05) is 6.92 Å². The van der Waals surface area contributed by atoms with Gasteiger partial charge >= 0.3 is 18.4 Å². The van der Waals surface area contributed by atoms with Crippen LogP contribution in [0.15, 0.2) is 41.4 Å². The summed E-state index contributed by atoms with van der Waals surface area (Å²) in [5.41, 5.74) is -2.04. The molecule has 0 spiro atoms. The Bertz CT molecular complexity index is 1470. The molecule has 0 saturated heterocycles. The molecule has 0 unspecified atom stereocenters. The zero-order valence-corrected chi connectivity index (χ0v) is 25.3. The lowest BCUT2D eigenvalue weighted by Crippen LogP contribution is -2.46. The molecule has 4 rings (SSSR count). The minimum Gasteiger partial charge on any atom is -0.481 e. The summed E-state index contributed by atoms with van der Waals surface area (Å²) >= 11 is 1.11. The van der Waals surface area contributed by atoms with E-state index in [4.69, 9.17) is 9.47 Å². The highest BCUT2D eigenvalue weighted by Gasteiger charge is 2.39. The van der Waals surface area contributed by atoms with Gasteiger partial charge in [0.25, 0.3) is 0 Å². The van der Waals surface area contributed by atoms with Crippen LogP contribution in [0, 0.1) is 0 Å². The first-order valence-electron chi connectivity index (χ1n) is 13.9. The van der Waals surface area contributed by atoms with E-state index in [1.165, 1.54) is 18.2 Å². The fourth-order valence-corrected chi connectivity index (χ4v) is 5.70. The molecule has 3 heterocycles. The van der Waals surface area contributed by atoms with Crippen LogP contribution in [0.5, 0.6) is 5.88 Å². The second kappa shape index (κ2) is 14.1. The number of ether oxygens (including phenoxy) is 2. The van der Waals surface area contributed by atoms with Crippen molar-refractivity contribution >= 4 is 29.5 Å². The zero-order valence-electron chi connectivity index (χ0n) is 24.5. The first-order chi connectivity index (χ1) is 21.3. The lowest BCUT2D eigenvalue weighted by molar-refractivity contribution is -0.143. The van der Waals surface area contributed by atoms with Crippen LogP contribution in [-0.4, -0.2) is 58.3 Å². The van der Waals surface area contributed by atoms with Crippen LogP contribution in [0.25, 0.3) is 0 Å². The summed E-state index contributed by atoms with van der Waals surface area (Å²) in [7, 11) is 1.44. The molecule has 3 aromatic rings. The normalized spacial score (nSPS) is 16.7. The van der Waals surface area contributed by atoms with Crippen LogP contribution in [0.2, 0.25) is 0 Å². The third-order valence-electron chi connectivity index (χ3n) is 6.98. The second-order valence-electron chi connectivity index (χ2n) is 9.99. The maximum absolute atomic E-state index is 13.5. The summed E-state index contributed by atoms with van der Waals surface area (Å²) < 4.78 is 91.7. The van der Waals surface area contributed by atoms with Crippen LogP contribution in [-0.2, 0) is 23.5 Å². The standard InChI is InChI=1S/C29H31F6N5O4S/c1-4-19-14-21(25-22(6-7-24(39-25)43-3)40(19)27(42)44-5-2)38-26-36-15-23(45-9-8-41)20(37-26)12-16-10-17(28(30,31)32)13-18(11-16)29(33,34)35/h6-7,10-11,13,15,19,21,41H,4-5,8-9,12,14H2,1-3H3,(H,36,37,38)/t19-,21+/m1/s1. The van der Waals surface area contributed by atoms with E-state index < -0.39 is 35.6 Å². The minimum atomic E-state index is -5.00. The smallest absolute Gasteiger partial charge is 0.416 e. The van der Waals surface area contributed by atoms with Gasteiger partial charge in [-0.05, 0) is 49.6 Å². The molecule has 244 valence electrons. The summed E-state index contributed by atoms with van der Waals surface area (Å²) in [6.45, 7) is 3.54. The Morgan fingerprint density at radius 3 is 2.36 bits per heavy atom. The number of thioether (sulfide) groups is 1. The fourth-order valence-electron chi connectivity index (χ4n) is 4.97. The number of pyridine rings is 1. The number of amides is 1. The Labute approximate surface area is 259 Å². The average Bonchev–Trinajstić information content (AvgIpc) is 2.99. The number of anilines is 2. The average molecular weight is 660 g/mol. The number of hydrogen-bond donors (Lipinski definition) is 2. The number of nitrogens with one attached hydrogen (secondary N) is 1. The molecule has 9 nitrogen and oxygen atoms in total. The Hall–Kier alpha value is -3.79. The van der Waals surface area contributed by atoms with Crippen molar-refractivity contribution in [3.63, 3.8) is 0 Å². The van der Waals surface area contributed by atoms with Crippen LogP contribution in [0.4, 0.5) is 42.8 Å². The Kier molecular flexibility index (Phi) is 10.7. The van der Waals surface area contributed by atoms with Gasteiger partial charge in [-0.2, -0.15) is 26.3 Å². The molecule has 2 N–H and O–H groups in total. The van der Waals surface area contributed by atoms with Crippen LogP contribution >= 0.6 is 11.8 Å². The number of hydrogen-bond acceptors (Lipinski definition) is 9. The SMILES string of the molecule is CCOC(=O)N1c2ccc(OC)nc2[C@@H](Nc2ncc(SCCO)c(Cc3cc(C(F)(F)F)cc(C(F)(F)F)c3)n2)C[C@H]1CC. The van der Waals surface area contributed by atoms with Crippen molar-refractivity contribution in [1.82, 2.24) is 15.0 Å². The van der Waals surface area contributed by atoms with E-state index >= 15 is 0 Å². The van der Waals surface area contributed by atoms with E-state index in [-0.39, 0.29) is 60.6 Å².